The summed E-state index contributed by atoms with van der Waals surface area (Å²) in [6.07, 6.45) is 3.26. The molecule has 0 aliphatic rings. The maximum absolute atomic E-state index is 14.5. The van der Waals surface area contributed by atoms with E-state index in [1.807, 2.05) is 30.3 Å². The topological polar surface area (TPSA) is 96.1 Å². The molecule has 3 N–H and O–H groups in total. The normalized spacial score (nSPS) is 10.6. The molecule has 0 bridgehead atoms. The van der Waals surface area contributed by atoms with Crippen LogP contribution in [-0.2, 0) is 16.1 Å². The smallest absolute Gasteiger partial charge is 0.313 e. The molecule has 0 radical (unpaired) electrons. The van der Waals surface area contributed by atoms with Gasteiger partial charge in [0.2, 0.25) is 0 Å². The molecule has 0 aliphatic carbocycles. The van der Waals surface area contributed by atoms with Gasteiger partial charge in [-0.1, -0.05) is 30.3 Å². The van der Waals surface area contributed by atoms with Crippen molar-refractivity contribution < 1.29 is 18.7 Å². The number of pyridine rings is 1. The van der Waals surface area contributed by atoms with E-state index in [0.717, 1.165) is 11.6 Å². The predicted molar refractivity (Wildman–Crippen MR) is 109 cm³/mol. The molecule has 150 valence electrons. The highest BCUT2D eigenvalue weighted by molar-refractivity contribution is 6.39. The van der Waals surface area contributed by atoms with E-state index >= 15 is 0 Å². The Morgan fingerprint density at radius 2 is 1.83 bits per heavy atom. The molecular formula is C22H17FN4O3. The third-order valence-electron chi connectivity index (χ3n) is 4.33. The lowest BCUT2D eigenvalue weighted by Gasteiger charge is -2.10. The van der Waals surface area contributed by atoms with E-state index in [-0.39, 0.29) is 18.0 Å². The number of aromatic amines is 1. The lowest BCUT2D eigenvalue weighted by Crippen LogP contribution is -2.34. The number of halogens is 1. The Kier molecular flexibility index (Phi) is 5.38. The average Bonchev–Trinajstić information content (AvgIpc) is 3.24. The van der Waals surface area contributed by atoms with Crippen molar-refractivity contribution in [2.24, 2.45) is 0 Å². The summed E-state index contributed by atoms with van der Waals surface area (Å²) in [6, 6.07) is 16.5. The van der Waals surface area contributed by atoms with Gasteiger partial charge in [0, 0.05) is 30.7 Å². The number of carbonyl (C=O) groups excluding carboxylic acids is 2. The first-order valence-electron chi connectivity index (χ1n) is 9.13. The standard InChI is InChI=1S/C22H17FN4O3/c23-17-12-15(27-22(29)21(28)26-13-14-4-2-1-3-5-14)6-7-19(17)30-18-9-11-25-20-16(18)8-10-24-20/h1-12H,13H2,(H,24,25)(H,26,28)(H,27,29). The summed E-state index contributed by atoms with van der Waals surface area (Å²) in [5, 5.41) is 5.60. The molecule has 2 aromatic carbocycles. The van der Waals surface area contributed by atoms with Gasteiger partial charge in [-0.25, -0.2) is 9.37 Å². The molecule has 0 spiro atoms. The molecule has 7 nitrogen and oxygen atoms in total. The zero-order chi connectivity index (χ0) is 20.9. The van der Waals surface area contributed by atoms with Gasteiger partial charge in [-0.05, 0) is 29.8 Å². The van der Waals surface area contributed by atoms with E-state index in [4.69, 9.17) is 4.74 Å². The molecule has 0 saturated heterocycles. The Labute approximate surface area is 170 Å². The van der Waals surface area contributed by atoms with Gasteiger partial charge < -0.3 is 20.4 Å². The Balaban J connectivity index is 1.39. The number of rotatable bonds is 5. The van der Waals surface area contributed by atoms with Crippen LogP contribution in [0.5, 0.6) is 11.5 Å². The van der Waals surface area contributed by atoms with Crippen LogP contribution in [0.1, 0.15) is 5.56 Å². The molecule has 2 amide bonds. The van der Waals surface area contributed by atoms with E-state index in [9.17, 15) is 14.0 Å². The summed E-state index contributed by atoms with van der Waals surface area (Å²) in [4.78, 5) is 31.1. The fourth-order valence-electron chi connectivity index (χ4n) is 2.85. The molecule has 2 heterocycles. The first-order valence-corrected chi connectivity index (χ1v) is 9.13. The largest absolute Gasteiger partial charge is 0.453 e. The Hall–Kier alpha value is -4.20. The summed E-state index contributed by atoms with van der Waals surface area (Å²) >= 11 is 0. The van der Waals surface area contributed by atoms with Gasteiger partial charge in [-0.15, -0.1) is 0 Å². The van der Waals surface area contributed by atoms with Gasteiger partial charge in [0.25, 0.3) is 0 Å². The Morgan fingerprint density at radius 1 is 1.00 bits per heavy atom. The number of H-pyrrole nitrogens is 1. The number of fused-ring (bicyclic) bond motifs is 1. The molecule has 0 atom stereocenters. The summed E-state index contributed by atoms with van der Waals surface area (Å²) in [6.45, 7) is 0.216. The molecule has 4 aromatic rings. The van der Waals surface area contributed by atoms with Gasteiger partial charge in [0.15, 0.2) is 11.6 Å². The lowest BCUT2D eigenvalue weighted by atomic mass is 10.2. The van der Waals surface area contributed by atoms with Crippen molar-refractivity contribution >= 4 is 28.5 Å². The maximum atomic E-state index is 14.5. The van der Waals surface area contributed by atoms with Gasteiger partial charge in [-0.3, -0.25) is 9.59 Å². The molecule has 0 unspecified atom stereocenters. The van der Waals surface area contributed by atoms with Crippen molar-refractivity contribution in [1.82, 2.24) is 15.3 Å². The van der Waals surface area contributed by atoms with Crippen LogP contribution < -0.4 is 15.4 Å². The molecule has 4 rings (SSSR count). The summed E-state index contributed by atoms with van der Waals surface area (Å²) in [7, 11) is 0. The minimum Gasteiger partial charge on any atom is -0.453 e. The van der Waals surface area contributed by atoms with Crippen molar-refractivity contribution in [2.75, 3.05) is 5.32 Å². The van der Waals surface area contributed by atoms with Crippen molar-refractivity contribution in [1.29, 1.82) is 0 Å². The number of hydrogen-bond acceptors (Lipinski definition) is 4. The minimum absolute atomic E-state index is 0.0183. The lowest BCUT2D eigenvalue weighted by molar-refractivity contribution is -0.136. The van der Waals surface area contributed by atoms with Crippen molar-refractivity contribution in [2.45, 2.75) is 6.54 Å². The molecule has 8 heteroatoms. The molecule has 0 aliphatic heterocycles. The number of nitrogens with zero attached hydrogens (tertiary/aromatic N) is 1. The monoisotopic (exact) mass is 404 g/mol. The summed E-state index contributed by atoms with van der Waals surface area (Å²) < 4.78 is 20.1. The van der Waals surface area contributed by atoms with Crippen LogP contribution in [0, 0.1) is 5.82 Å². The second kappa shape index (κ2) is 8.44. The van der Waals surface area contributed by atoms with Gasteiger partial charge >= 0.3 is 11.8 Å². The summed E-state index contributed by atoms with van der Waals surface area (Å²) in [5.74, 6) is -1.96. The molecule has 0 saturated carbocycles. The van der Waals surface area contributed by atoms with Crippen molar-refractivity contribution in [3.63, 3.8) is 0 Å². The van der Waals surface area contributed by atoms with Gasteiger partial charge in [0.1, 0.15) is 11.4 Å². The van der Waals surface area contributed by atoms with Crippen LogP contribution >= 0.6 is 0 Å². The molecular weight excluding hydrogens is 387 g/mol. The number of carbonyl (C=O) groups is 2. The number of aromatic nitrogens is 2. The molecule has 0 fully saturated rings. The quantitative estimate of drug-likeness (QED) is 0.442. The number of anilines is 1. The first-order chi connectivity index (χ1) is 14.6. The molecule has 30 heavy (non-hydrogen) atoms. The van der Waals surface area contributed by atoms with Gasteiger partial charge in [0.05, 0.1) is 5.39 Å². The minimum atomic E-state index is -0.887. The molecule has 2 aromatic heterocycles. The number of nitrogens with one attached hydrogen (secondary N) is 3. The Bertz CT molecular complexity index is 1210. The van der Waals surface area contributed by atoms with E-state index in [1.165, 1.54) is 12.1 Å². The third-order valence-corrected chi connectivity index (χ3v) is 4.33. The average molecular weight is 404 g/mol. The predicted octanol–water partition coefficient (Wildman–Crippen LogP) is 3.75. The third kappa shape index (κ3) is 4.27. The summed E-state index contributed by atoms with van der Waals surface area (Å²) in [5.41, 5.74) is 1.62. The maximum Gasteiger partial charge on any atom is 0.313 e. The van der Waals surface area contributed by atoms with E-state index < -0.39 is 17.6 Å². The highest BCUT2D eigenvalue weighted by atomic mass is 19.1. The number of hydrogen-bond donors (Lipinski definition) is 3. The Morgan fingerprint density at radius 3 is 2.63 bits per heavy atom. The fourth-order valence-corrected chi connectivity index (χ4v) is 2.85. The van der Waals surface area contributed by atoms with E-state index in [2.05, 4.69) is 20.6 Å². The number of benzene rings is 2. The number of amides is 2. The van der Waals surface area contributed by atoms with E-state index in [1.54, 1.807) is 24.5 Å². The van der Waals surface area contributed by atoms with Crippen LogP contribution in [0.25, 0.3) is 11.0 Å². The van der Waals surface area contributed by atoms with Crippen LogP contribution in [-0.4, -0.2) is 21.8 Å². The highest BCUT2D eigenvalue weighted by Crippen LogP contribution is 2.31. The van der Waals surface area contributed by atoms with Crippen LogP contribution in [0.4, 0.5) is 10.1 Å². The number of ether oxygens (including phenoxy) is 1. The van der Waals surface area contributed by atoms with Gasteiger partial charge in [-0.2, -0.15) is 0 Å². The van der Waals surface area contributed by atoms with Crippen molar-refractivity contribution in [3.05, 3.63) is 84.4 Å². The second-order valence-electron chi connectivity index (χ2n) is 6.42. The van der Waals surface area contributed by atoms with Crippen molar-refractivity contribution in [3.8, 4) is 11.5 Å². The first kappa shape index (κ1) is 19.1. The highest BCUT2D eigenvalue weighted by Gasteiger charge is 2.15. The van der Waals surface area contributed by atoms with Crippen LogP contribution in [0.3, 0.4) is 0 Å². The van der Waals surface area contributed by atoms with E-state index in [0.29, 0.717) is 16.8 Å². The zero-order valence-electron chi connectivity index (χ0n) is 15.7. The second-order valence-corrected chi connectivity index (χ2v) is 6.42. The van der Waals surface area contributed by atoms with Crippen LogP contribution in [0.2, 0.25) is 0 Å². The SMILES string of the molecule is O=C(NCc1ccccc1)C(=O)Nc1ccc(Oc2ccnc3[nH]ccc23)c(F)c1. The van der Waals surface area contributed by atoms with Crippen LogP contribution in [0.15, 0.2) is 73.1 Å². The fraction of sp³-hybridized carbons (Fsp3) is 0.0455. The zero-order valence-corrected chi connectivity index (χ0v) is 15.7.